The standard InChI is InChI=1S/C11H9BrFN3OS/c1-18-11-15-9(14)5-10(16-11)17-8-4-6(12)2-3-7(8)13/h2-5H,1H3,(H2,14,15,16). The summed E-state index contributed by atoms with van der Waals surface area (Å²) < 4.78 is 19.6. The molecular formula is C11H9BrFN3OS. The Morgan fingerprint density at radius 2 is 2.11 bits per heavy atom. The summed E-state index contributed by atoms with van der Waals surface area (Å²) in [6.07, 6.45) is 1.82. The number of nitrogens with zero attached hydrogens (tertiary/aromatic N) is 2. The second-order valence-electron chi connectivity index (χ2n) is 3.29. The molecule has 0 atom stereocenters. The van der Waals surface area contributed by atoms with Crippen molar-refractivity contribution < 1.29 is 9.13 Å². The molecule has 0 aliphatic carbocycles. The van der Waals surface area contributed by atoms with E-state index in [1.54, 1.807) is 6.07 Å². The first-order chi connectivity index (χ1) is 8.58. The molecule has 0 aliphatic heterocycles. The molecule has 0 aliphatic rings. The van der Waals surface area contributed by atoms with Gasteiger partial charge in [0.15, 0.2) is 16.7 Å². The number of aromatic nitrogens is 2. The summed E-state index contributed by atoms with van der Waals surface area (Å²) in [5, 5.41) is 0.473. The first-order valence-corrected chi connectivity index (χ1v) is 6.91. The monoisotopic (exact) mass is 329 g/mol. The van der Waals surface area contributed by atoms with Crippen LogP contribution >= 0.6 is 27.7 Å². The van der Waals surface area contributed by atoms with Crippen molar-refractivity contribution in [3.8, 4) is 11.6 Å². The van der Waals surface area contributed by atoms with Crippen molar-refractivity contribution in [2.45, 2.75) is 5.16 Å². The van der Waals surface area contributed by atoms with E-state index in [0.29, 0.717) is 9.63 Å². The molecule has 0 unspecified atom stereocenters. The molecular weight excluding hydrogens is 321 g/mol. The molecule has 4 nitrogen and oxygen atoms in total. The van der Waals surface area contributed by atoms with Gasteiger partial charge < -0.3 is 10.5 Å². The van der Waals surface area contributed by atoms with Crippen LogP contribution in [0.5, 0.6) is 11.6 Å². The molecule has 18 heavy (non-hydrogen) atoms. The van der Waals surface area contributed by atoms with Crippen LogP contribution in [-0.4, -0.2) is 16.2 Å². The van der Waals surface area contributed by atoms with Crippen LogP contribution in [0.3, 0.4) is 0 Å². The van der Waals surface area contributed by atoms with Gasteiger partial charge in [0.1, 0.15) is 5.82 Å². The van der Waals surface area contributed by atoms with Gasteiger partial charge in [0, 0.05) is 10.5 Å². The highest BCUT2D eigenvalue weighted by molar-refractivity contribution is 9.10. The van der Waals surface area contributed by atoms with Crippen LogP contribution in [0.1, 0.15) is 0 Å². The highest BCUT2D eigenvalue weighted by Crippen LogP contribution is 2.28. The van der Waals surface area contributed by atoms with Crippen molar-refractivity contribution in [3.05, 3.63) is 34.6 Å². The molecule has 0 fully saturated rings. The quantitative estimate of drug-likeness (QED) is 0.690. The van der Waals surface area contributed by atoms with Gasteiger partial charge in [-0.25, -0.2) is 9.37 Å². The van der Waals surface area contributed by atoms with E-state index in [4.69, 9.17) is 10.5 Å². The first kappa shape index (κ1) is 13.1. The van der Waals surface area contributed by atoms with Crippen LogP contribution in [-0.2, 0) is 0 Å². The van der Waals surface area contributed by atoms with E-state index in [-0.39, 0.29) is 17.4 Å². The van der Waals surface area contributed by atoms with Gasteiger partial charge in [-0.3, -0.25) is 0 Å². The number of benzene rings is 1. The summed E-state index contributed by atoms with van der Waals surface area (Å²) in [6.45, 7) is 0. The van der Waals surface area contributed by atoms with E-state index in [9.17, 15) is 4.39 Å². The highest BCUT2D eigenvalue weighted by atomic mass is 79.9. The van der Waals surface area contributed by atoms with E-state index >= 15 is 0 Å². The summed E-state index contributed by atoms with van der Waals surface area (Å²) in [7, 11) is 0. The van der Waals surface area contributed by atoms with E-state index in [0.717, 1.165) is 0 Å². The fourth-order valence-electron chi connectivity index (χ4n) is 1.23. The molecule has 94 valence electrons. The lowest BCUT2D eigenvalue weighted by Crippen LogP contribution is -1.98. The van der Waals surface area contributed by atoms with Crippen molar-refractivity contribution in [2.75, 3.05) is 12.0 Å². The Hall–Kier alpha value is -1.34. The van der Waals surface area contributed by atoms with Crippen LogP contribution in [0.2, 0.25) is 0 Å². The molecule has 2 rings (SSSR count). The number of nitrogen functional groups attached to an aromatic ring is 1. The summed E-state index contributed by atoms with van der Waals surface area (Å²) in [5.74, 6) is 0.0965. The molecule has 0 saturated carbocycles. The Morgan fingerprint density at radius 1 is 1.33 bits per heavy atom. The number of ether oxygens (including phenoxy) is 1. The van der Waals surface area contributed by atoms with E-state index in [2.05, 4.69) is 25.9 Å². The largest absolute Gasteiger partial charge is 0.436 e. The SMILES string of the molecule is CSc1nc(N)cc(Oc2cc(Br)ccc2F)n1. The average molecular weight is 330 g/mol. The topological polar surface area (TPSA) is 61.0 Å². The van der Waals surface area contributed by atoms with E-state index in [1.165, 1.54) is 30.0 Å². The Morgan fingerprint density at radius 3 is 2.83 bits per heavy atom. The maximum absolute atomic E-state index is 13.5. The minimum absolute atomic E-state index is 0.0783. The van der Waals surface area contributed by atoms with Gasteiger partial charge in [0.2, 0.25) is 5.88 Å². The summed E-state index contributed by atoms with van der Waals surface area (Å²) in [6, 6.07) is 5.86. The highest BCUT2D eigenvalue weighted by Gasteiger charge is 2.08. The predicted octanol–water partition coefficient (Wildman–Crippen LogP) is 3.47. The lowest BCUT2D eigenvalue weighted by atomic mass is 10.3. The van der Waals surface area contributed by atoms with Crippen molar-refractivity contribution >= 4 is 33.5 Å². The zero-order chi connectivity index (χ0) is 13.1. The van der Waals surface area contributed by atoms with Gasteiger partial charge >= 0.3 is 0 Å². The minimum atomic E-state index is -0.471. The second-order valence-corrected chi connectivity index (χ2v) is 4.98. The zero-order valence-corrected chi connectivity index (χ0v) is 11.8. The van der Waals surface area contributed by atoms with Crippen LogP contribution in [0.25, 0.3) is 0 Å². The Balaban J connectivity index is 2.33. The van der Waals surface area contributed by atoms with Crippen LogP contribution in [0, 0.1) is 5.82 Å². The summed E-state index contributed by atoms with van der Waals surface area (Å²) in [5.41, 5.74) is 5.61. The molecule has 7 heteroatoms. The molecule has 2 N–H and O–H groups in total. The maximum atomic E-state index is 13.5. The molecule has 0 bridgehead atoms. The van der Waals surface area contributed by atoms with Crippen molar-refractivity contribution in [1.82, 2.24) is 9.97 Å². The van der Waals surface area contributed by atoms with Crippen molar-refractivity contribution in [1.29, 1.82) is 0 Å². The number of rotatable bonds is 3. The van der Waals surface area contributed by atoms with Crippen molar-refractivity contribution in [3.63, 3.8) is 0 Å². The van der Waals surface area contributed by atoms with Gasteiger partial charge in [0.25, 0.3) is 0 Å². The normalized spacial score (nSPS) is 10.4. The third kappa shape index (κ3) is 3.11. The number of anilines is 1. The van der Waals surface area contributed by atoms with E-state index < -0.39 is 5.82 Å². The third-order valence-corrected chi connectivity index (χ3v) is 3.03. The lowest BCUT2D eigenvalue weighted by molar-refractivity contribution is 0.422. The molecule has 0 radical (unpaired) electrons. The zero-order valence-electron chi connectivity index (χ0n) is 9.35. The number of thioether (sulfide) groups is 1. The number of hydrogen-bond acceptors (Lipinski definition) is 5. The van der Waals surface area contributed by atoms with Gasteiger partial charge in [-0.2, -0.15) is 4.98 Å². The molecule has 1 heterocycles. The van der Waals surface area contributed by atoms with Crippen LogP contribution in [0.15, 0.2) is 33.9 Å². The van der Waals surface area contributed by atoms with Gasteiger partial charge in [-0.05, 0) is 24.5 Å². The van der Waals surface area contributed by atoms with E-state index in [1.807, 2.05) is 6.26 Å². The molecule has 2 aromatic rings. The molecule has 1 aromatic heterocycles. The minimum Gasteiger partial charge on any atom is -0.436 e. The van der Waals surface area contributed by atoms with Crippen molar-refractivity contribution in [2.24, 2.45) is 0 Å². The fourth-order valence-corrected chi connectivity index (χ4v) is 1.95. The third-order valence-electron chi connectivity index (χ3n) is 1.99. The lowest BCUT2D eigenvalue weighted by Gasteiger charge is -2.07. The number of halogens is 2. The summed E-state index contributed by atoms with van der Waals surface area (Å²) >= 11 is 4.57. The maximum Gasteiger partial charge on any atom is 0.225 e. The Kier molecular flexibility index (Phi) is 4.03. The molecule has 0 saturated heterocycles. The van der Waals surface area contributed by atoms with Gasteiger partial charge in [-0.15, -0.1) is 0 Å². The number of nitrogens with two attached hydrogens (primary N) is 1. The predicted molar refractivity (Wildman–Crippen MR) is 72.4 cm³/mol. The van der Waals surface area contributed by atoms with Gasteiger partial charge in [0.05, 0.1) is 0 Å². The molecule has 0 spiro atoms. The first-order valence-electron chi connectivity index (χ1n) is 4.90. The van der Waals surface area contributed by atoms with Gasteiger partial charge in [-0.1, -0.05) is 27.7 Å². The second kappa shape index (κ2) is 5.53. The fraction of sp³-hybridized carbons (Fsp3) is 0.0909. The average Bonchev–Trinajstić information content (AvgIpc) is 2.33. The summed E-state index contributed by atoms with van der Waals surface area (Å²) in [4.78, 5) is 8.07. The molecule has 1 aromatic carbocycles. The van der Waals surface area contributed by atoms with Crippen LogP contribution < -0.4 is 10.5 Å². The Bertz CT molecular complexity index is 582. The Labute approximate surface area is 116 Å². The number of hydrogen-bond donors (Lipinski definition) is 1. The van der Waals surface area contributed by atoms with Crippen LogP contribution in [0.4, 0.5) is 10.2 Å². The smallest absolute Gasteiger partial charge is 0.225 e. The molecule has 0 amide bonds.